The number of hydrogen-bond donors (Lipinski definition) is 0. The second-order valence-electron chi connectivity index (χ2n) is 8.52. The molecule has 0 fully saturated rings. The van der Waals surface area contributed by atoms with Gasteiger partial charge < -0.3 is 9.47 Å². The molecule has 1 unspecified atom stereocenters. The van der Waals surface area contributed by atoms with Crippen LogP contribution in [0.25, 0.3) is 28.0 Å². The van der Waals surface area contributed by atoms with Crippen molar-refractivity contribution in [3.05, 3.63) is 79.2 Å². The van der Waals surface area contributed by atoms with E-state index >= 15 is 0 Å². The Hall–Kier alpha value is -2.91. The van der Waals surface area contributed by atoms with Gasteiger partial charge in [0.1, 0.15) is 12.4 Å². The van der Waals surface area contributed by atoms with E-state index in [2.05, 4.69) is 80.0 Å². The molecule has 0 radical (unpaired) electrons. The number of ether oxygens (including phenoxy) is 2. The average molecular weight is 444 g/mol. The zero-order valence-electron chi connectivity index (χ0n) is 20.1. The molecule has 3 rings (SSSR count). The van der Waals surface area contributed by atoms with E-state index < -0.39 is 0 Å². The van der Waals surface area contributed by atoms with Gasteiger partial charge in [0.2, 0.25) is 0 Å². The summed E-state index contributed by atoms with van der Waals surface area (Å²) in [6.07, 6.45) is 15.4. The predicted molar refractivity (Wildman–Crippen MR) is 141 cm³/mol. The number of pyridine rings is 1. The van der Waals surface area contributed by atoms with E-state index in [9.17, 15) is 0 Å². The van der Waals surface area contributed by atoms with Gasteiger partial charge in [-0.05, 0) is 79.3 Å². The van der Waals surface area contributed by atoms with E-state index in [1.165, 1.54) is 30.2 Å². The summed E-state index contributed by atoms with van der Waals surface area (Å²) in [6.45, 7) is 9.50. The monoisotopic (exact) mass is 443 g/mol. The maximum Gasteiger partial charge on any atom is 0.120 e. The minimum Gasteiger partial charge on any atom is -0.490 e. The first-order chi connectivity index (χ1) is 16.2. The molecule has 2 aromatic carbocycles. The molecule has 1 atom stereocenters. The van der Waals surface area contributed by atoms with Crippen LogP contribution in [0.3, 0.4) is 0 Å². The smallest absolute Gasteiger partial charge is 0.120 e. The molecular formula is C30H37NO2. The largest absolute Gasteiger partial charge is 0.490 e. The Labute approximate surface area is 199 Å². The molecule has 0 aliphatic rings. The highest BCUT2D eigenvalue weighted by atomic mass is 16.5. The van der Waals surface area contributed by atoms with Gasteiger partial charge in [-0.2, -0.15) is 0 Å². The quantitative estimate of drug-likeness (QED) is 0.186. The number of allylic oxidation sites excluding steroid dienone is 1. The molecule has 1 heterocycles. The van der Waals surface area contributed by atoms with Gasteiger partial charge in [-0.3, -0.25) is 4.98 Å². The Morgan fingerprint density at radius 1 is 0.970 bits per heavy atom. The van der Waals surface area contributed by atoms with Crippen LogP contribution in [0.1, 0.15) is 58.1 Å². The number of hydrogen-bond acceptors (Lipinski definition) is 3. The Bertz CT molecular complexity index is 1020. The first-order valence-corrected chi connectivity index (χ1v) is 12.2. The van der Waals surface area contributed by atoms with Gasteiger partial charge in [0.25, 0.3) is 0 Å². The van der Waals surface area contributed by atoms with Crippen molar-refractivity contribution in [1.82, 2.24) is 4.98 Å². The van der Waals surface area contributed by atoms with Crippen LogP contribution in [0.4, 0.5) is 0 Å². The minimum atomic E-state index is 0.348. The summed E-state index contributed by atoms with van der Waals surface area (Å²) < 4.78 is 11.5. The number of rotatable bonds is 14. The van der Waals surface area contributed by atoms with Crippen LogP contribution < -0.4 is 4.74 Å². The van der Waals surface area contributed by atoms with Crippen molar-refractivity contribution in [2.75, 3.05) is 13.2 Å². The summed E-state index contributed by atoms with van der Waals surface area (Å²) in [6, 6.07) is 16.9. The molecule has 33 heavy (non-hydrogen) atoms. The van der Waals surface area contributed by atoms with Gasteiger partial charge in [0.05, 0.1) is 11.8 Å². The second-order valence-corrected chi connectivity index (χ2v) is 8.52. The lowest BCUT2D eigenvalue weighted by atomic mass is 10.0. The van der Waals surface area contributed by atoms with Crippen LogP contribution in [0, 0.1) is 0 Å². The second kappa shape index (κ2) is 13.6. The zero-order chi connectivity index (χ0) is 23.3. The SMILES string of the molecule is C=CCOc1ccc2cc(-c3ccc(C=CCCCC(C)OCCCCC)nc3)ccc2c1. The molecular weight excluding hydrogens is 406 g/mol. The van der Waals surface area contributed by atoms with Crippen molar-refractivity contribution in [3.63, 3.8) is 0 Å². The Kier molecular flexibility index (Phi) is 10.2. The number of unbranched alkanes of at least 4 members (excludes halogenated alkanes) is 3. The average Bonchev–Trinajstić information content (AvgIpc) is 2.85. The van der Waals surface area contributed by atoms with Crippen LogP contribution in [0.15, 0.2) is 73.5 Å². The number of aromatic nitrogens is 1. The summed E-state index contributed by atoms with van der Waals surface area (Å²) >= 11 is 0. The molecule has 3 nitrogen and oxygen atoms in total. The number of fused-ring (bicyclic) bond motifs is 1. The van der Waals surface area contributed by atoms with Crippen molar-refractivity contribution in [3.8, 4) is 16.9 Å². The van der Waals surface area contributed by atoms with Crippen LogP contribution in [0.5, 0.6) is 5.75 Å². The molecule has 3 heteroatoms. The molecule has 0 N–H and O–H groups in total. The molecule has 0 aliphatic carbocycles. The van der Waals surface area contributed by atoms with E-state index in [1.54, 1.807) is 6.08 Å². The zero-order valence-corrected chi connectivity index (χ0v) is 20.1. The lowest BCUT2D eigenvalue weighted by Crippen LogP contribution is -2.08. The molecule has 0 bridgehead atoms. The lowest BCUT2D eigenvalue weighted by molar-refractivity contribution is 0.0566. The van der Waals surface area contributed by atoms with Crippen LogP contribution in [-0.4, -0.2) is 24.3 Å². The highest BCUT2D eigenvalue weighted by molar-refractivity contribution is 5.88. The van der Waals surface area contributed by atoms with E-state index in [0.717, 1.165) is 48.3 Å². The van der Waals surface area contributed by atoms with Crippen molar-refractivity contribution in [2.45, 2.75) is 58.5 Å². The lowest BCUT2D eigenvalue weighted by Gasteiger charge is -2.11. The summed E-state index contributed by atoms with van der Waals surface area (Å²) in [5.74, 6) is 0.863. The number of nitrogens with zero attached hydrogens (tertiary/aromatic N) is 1. The fourth-order valence-corrected chi connectivity index (χ4v) is 3.77. The van der Waals surface area contributed by atoms with Gasteiger partial charge in [-0.25, -0.2) is 0 Å². The standard InChI is InChI=1S/C30H37NO2/c1-4-6-10-20-32-24(3)11-8-7-9-12-29-17-15-28(23-31-29)26-13-14-27-22-30(33-19-5-2)18-16-25(27)21-26/h5,9,12-18,21-24H,2,4,6-8,10-11,19-20H2,1,3H3. The predicted octanol–water partition coefficient (Wildman–Crippen LogP) is 8.25. The molecule has 0 spiro atoms. The normalized spacial score (nSPS) is 12.3. The third-order valence-corrected chi connectivity index (χ3v) is 5.72. The number of benzene rings is 2. The van der Waals surface area contributed by atoms with Crippen molar-refractivity contribution in [1.29, 1.82) is 0 Å². The molecule has 1 aromatic heterocycles. The highest BCUT2D eigenvalue weighted by Gasteiger charge is 2.03. The van der Waals surface area contributed by atoms with Gasteiger partial charge in [-0.15, -0.1) is 0 Å². The summed E-state index contributed by atoms with van der Waals surface area (Å²) in [5, 5.41) is 2.35. The minimum absolute atomic E-state index is 0.348. The topological polar surface area (TPSA) is 31.4 Å². The van der Waals surface area contributed by atoms with E-state index in [-0.39, 0.29) is 0 Å². The van der Waals surface area contributed by atoms with Crippen molar-refractivity contribution in [2.24, 2.45) is 0 Å². The molecule has 174 valence electrons. The van der Waals surface area contributed by atoms with Gasteiger partial charge >= 0.3 is 0 Å². The Morgan fingerprint density at radius 3 is 2.58 bits per heavy atom. The van der Waals surface area contributed by atoms with E-state index in [4.69, 9.17) is 9.47 Å². The van der Waals surface area contributed by atoms with Crippen LogP contribution in [0.2, 0.25) is 0 Å². The summed E-state index contributed by atoms with van der Waals surface area (Å²) in [5.41, 5.74) is 3.28. The van der Waals surface area contributed by atoms with Crippen LogP contribution in [-0.2, 0) is 4.74 Å². The van der Waals surface area contributed by atoms with Crippen molar-refractivity contribution < 1.29 is 9.47 Å². The van der Waals surface area contributed by atoms with Crippen LogP contribution >= 0.6 is 0 Å². The van der Waals surface area contributed by atoms with Gasteiger partial charge in [0, 0.05) is 18.4 Å². The van der Waals surface area contributed by atoms with E-state index in [0.29, 0.717) is 12.7 Å². The fraction of sp³-hybridized carbons (Fsp3) is 0.367. The molecule has 3 aromatic rings. The Morgan fingerprint density at radius 2 is 1.79 bits per heavy atom. The molecule has 0 aliphatic heterocycles. The maximum absolute atomic E-state index is 5.87. The first-order valence-electron chi connectivity index (χ1n) is 12.2. The van der Waals surface area contributed by atoms with Crippen molar-refractivity contribution >= 4 is 16.8 Å². The Balaban J connectivity index is 1.49. The highest BCUT2D eigenvalue weighted by Crippen LogP contribution is 2.27. The fourth-order valence-electron chi connectivity index (χ4n) is 3.77. The maximum atomic E-state index is 5.87. The summed E-state index contributed by atoms with van der Waals surface area (Å²) in [7, 11) is 0. The molecule has 0 saturated carbocycles. The van der Waals surface area contributed by atoms with Gasteiger partial charge in [-0.1, -0.05) is 62.8 Å². The van der Waals surface area contributed by atoms with E-state index in [1.807, 2.05) is 12.3 Å². The third kappa shape index (κ3) is 8.18. The summed E-state index contributed by atoms with van der Waals surface area (Å²) in [4.78, 5) is 4.63. The molecule has 0 amide bonds. The molecule has 0 saturated heterocycles. The van der Waals surface area contributed by atoms with Gasteiger partial charge in [0.15, 0.2) is 0 Å². The third-order valence-electron chi connectivity index (χ3n) is 5.72. The first kappa shape index (κ1) is 24.7.